The fourth-order valence-electron chi connectivity index (χ4n) is 4.06. The van der Waals surface area contributed by atoms with Gasteiger partial charge in [-0.15, -0.1) is 0 Å². The second-order valence-corrected chi connectivity index (χ2v) is 9.71. The minimum absolute atomic E-state index is 0.0730. The molecule has 1 fully saturated rings. The van der Waals surface area contributed by atoms with Crippen molar-refractivity contribution >= 4 is 33.7 Å². The normalized spacial score (nSPS) is 13.1. The highest BCUT2D eigenvalue weighted by Crippen LogP contribution is 2.27. The van der Waals surface area contributed by atoms with Crippen LogP contribution in [0.4, 0.5) is 4.39 Å². The number of rotatable bonds is 9. The van der Waals surface area contributed by atoms with E-state index in [2.05, 4.69) is 26.2 Å². The summed E-state index contributed by atoms with van der Waals surface area (Å²) in [5, 5.41) is 2.89. The lowest BCUT2D eigenvalue weighted by atomic mass is 9.86. The van der Waals surface area contributed by atoms with Gasteiger partial charge in [0, 0.05) is 17.4 Å². The maximum atomic E-state index is 13.3. The molecule has 0 radical (unpaired) electrons. The fraction of sp³-hybridized carbons (Fsp3) is 0.444. The average Bonchev–Trinajstić information content (AvgIpc) is 2.88. The molecular weight excluding hydrogens is 543 g/mol. The molecule has 0 bridgehead atoms. The molecule has 5 N–H and O–H groups in total. The molecule has 1 aliphatic carbocycles. The number of hydrogen-bond acceptors (Lipinski definition) is 4. The first kappa shape index (κ1) is 30.1. The Morgan fingerprint density at radius 2 is 1.81 bits per heavy atom. The van der Waals surface area contributed by atoms with Crippen LogP contribution < -0.4 is 26.3 Å². The molecule has 2 aromatic rings. The van der Waals surface area contributed by atoms with Gasteiger partial charge in [0.05, 0.1) is 20.6 Å². The number of hydrogen-bond donors (Lipinski definition) is 3. The van der Waals surface area contributed by atoms with Crippen molar-refractivity contribution in [3.63, 3.8) is 0 Å². The van der Waals surface area contributed by atoms with Crippen LogP contribution in [0.5, 0.6) is 11.5 Å². The first-order valence-electron chi connectivity index (χ1n) is 12.3. The van der Waals surface area contributed by atoms with Gasteiger partial charge in [0.2, 0.25) is 5.91 Å². The predicted molar refractivity (Wildman–Crippen MR) is 146 cm³/mol. The van der Waals surface area contributed by atoms with Gasteiger partial charge < -0.3 is 26.3 Å². The molecule has 2 amide bonds. The minimum atomic E-state index is -0.384. The Morgan fingerprint density at radius 1 is 1.08 bits per heavy atom. The molecule has 0 aliphatic heterocycles. The molecule has 0 unspecified atom stereocenters. The Hall–Kier alpha value is -3.14. The maximum Gasteiger partial charge on any atom is 0.253 e. The minimum Gasteiger partial charge on any atom is -0.497 e. The second kappa shape index (κ2) is 15.9. The molecule has 10 heteroatoms. The van der Waals surface area contributed by atoms with Crippen LogP contribution in [0.2, 0.25) is 0 Å². The van der Waals surface area contributed by atoms with Gasteiger partial charge in [-0.3, -0.25) is 9.59 Å². The average molecular weight is 580 g/mol. The molecule has 3 rings (SSSR count). The third-order valence-electron chi connectivity index (χ3n) is 6.07. The molecule has 8 nitrogen and oxygen atoms in total. The van der Waals surface area contributed by atoms with Crippen LogP contribution in [0.25, 0.3) is 0 Å². The molecule has 1 aliphatic rings. The third kappa shape index (κ3) is 11.2. The van der Waals surface area contributed by atoms with Crippen molar-refractivity contribution in [1.82, 2.24) is 5.32 Å². The van der Waals surface area contributed by atoms with Crippen LogP contribution in [0.15, 0.2) is 45.9 Å². The van der Waals surface area contributed by atoms with Crippen molar-refractivity contribution in [2.45, 2.75) is 57.9 Å². The topological polar surface area (TPSA) is 129 Å². The highest BCUT2D eigenvalue weighted by molar-refractivity contribution is 9.10. The van der Waals surface area contributed by atoms with Gasteiger partial charge >= 0.3 is 0 Å². The molecule has 0 aromatic heterocycles. The standard InChI is InChI=1S/C17H24FNO2.C10H12BrN3O2/c1-21-16-11-14(7-9-15(16)18)12-19-17(20)10-8-13-5-3-2-4-6-13;1-16-7-3-2-6(8(11)5-7)4-9(15)14-10(12)13/h7,9,11,13H,2-6,8,10,12H2,1H3,(H,19,20);2-3,5H,4H2,1H3,(H4,12,13,14,15). The predicted octanol–water partition coefficient (Wildman–Crippen LogP) is 4.61. The van der Waals surface area contributed by atoms with Gasteiger partial charge in [-0.1, -0.05) is 60.2 Å². The first-order chi connectivity index (χ1) is 17.7. The molecule has 0 heterocycles. The monoisotopic (exact) mass is 578 g/mol. The van der Waals surface area contributed by atoms with Crippen molar-refractivity contribution < 1.29 is 23.5 Å². The van der Waals surface area contributed by atoms with Crippen molar-refractivity contribution in [3.8, 4) is 11.5 Å². The number of nitrogens with two attached hydrogens (primary N) is 2. The van der Waals surface area contributed by atoms with Crippen LogP contribution in [-0.4, -0.2) is 32.0 Å². The summed E-state index contributed by atoms with van der Waals surface area (Å²) in [7, 11) is 3.01. The van der Waals surface area contributed by atoms with E-state index < -0.39 is 0 Å². The first-order valence-corrected chi connectivity index (χ1v) is 13.0. The van der Waals surface area contributed by atoms with E-state index in [1.807, 2.05) is 0 Å². The number of nitrogens with one attached hydrogen (secondary N) is 1. The lowest BCUT2D eigenvalue weighted by Crippen LogP contribution is -2.24. The summed E-state index contributed by atoms with van der Waals surface area (Å²) < 4.78 is 24.0. The lowest BCUT2D eigenvalue weighted by Gasteiger charge is -2.21. The third-order valence-corrected chi connectivity index (χ3v) is 6.80. The van der Waals surface area contributed by atoms with Crippen LogP contribution in [-0.2, 0) is 22.6 Å². The van der Waals surface area contributed by atoms with Crippen LogP contribution in [0.3, 0.4) is 0 Å². The van der Waals surface area contributed by atoms with E-state index >= 15 is 0 Å². The number of aliphatic imine (C=N–C) groups is 1. The van der Waals surface area contributed by atoms with E-state index in [1.54, 1.807) is 37.4 Å². The largest absolute Gasteiger partial charge is 0.497 e. The Bertz CT molecular complexity index is 1070. The number of carbonyl (C=O) groups is 2. The molecule has 0 atom stereocenters. The summed E-state index contributed by atoms with van der Waals surface area (Å²) in [5.74, 6) is 0.721. The van der Waals surface area contributed by atoms with E-state index in [1.165, 1.54) is 45.3 Å². The van der Waals surface area contributed by atoms with E-state index in [-0.39, 0.29) is 35.8 Å². The quantitative estimate of drug-likeness (QED) is 0.294. The lowest BCUT2D eigenvalue weighted by molar-refractivity contribution is -0.121. The van der Waals surface area contributed by atoms with Gasteiger partial charge in [-0.05, 0) is 47.7 Å². The summed E-state index contributed by atoms with van der Waals surface area (Å²) in [5.41, 5.74) is 11.9. The van der Waals surface area contributed by atoms with E-state index in [4.69, 9.17) is 20.9 Å². The van der Waals surface area contributed by atoms with Crippen LogP contribution in [0, 0.1) is 11.7 Å². The number of methoxy groups -OCH3 is 2. The van der Waals surface area contributed by atoms with Crippen molar-refractivity contribution in [2.24, 2.45) is 22.4 Å². The number of nitrogens with zero attached hydrogens (tertiary/aromatic N) is 1. The molecule has 202 valence electrons. The Kier molecular flexibility index (Phi) is 12.9. The number of halogens is 2. The smallest absolute Gasteiger partial charge is 0.253 e. The number of ether oxygens (including phenoxy) is 2. The van der Waals surface area contributed by atoms with E-state index in [0.29, 0.717) is 18.7 Å². The summed E-state index contributed by atoms with van der Waals surface area (Å²) >= 11 is 3.34. The maximum absolute atomic E-state index is 13.3. The molecule has 37 heavy (non-hydrogen) atoms. The highest BCUT2D eigenvalue weighted by atomic mass is 79.9. The zero-order valence-corrected chi connectivity index (χ0v) is 23.0. The van der Waals surface area contributed by atoms with Gasteiger partial charge in [0.1, 0.15) is 5.75 Å². The summed E-state index contributed by atoms with van der Waals surface area (Å²) in [6, 6.07) is 9.97. The zero-order valence-electron chi connectivity index (χ0n) is 21.4. The number of guanidine groups is 1. The van der Waals surface area contributed by atoms with Crippen LogP contribution in [0.1, 0.15) is 56.1 Å². The summed E-state index contributed by atoms with van der Waals surface area (Å²) in [6.45, 7) is 0.417. The van der Waals surface area contributed by atoms with Gasteiger partial charge in [0.25, 0.3) is 5.91 Å². The molecule has 0 spiro atoms. The van der Waals surface area contributed by atoms with Crippen molar-refractivity contribution in [3.05, 3.63) is 57.8 Å². The molecular formula is C27H36BrFN4O4. The molecule has 2 aromatic carbocycles. The number of carbonyl (C=O) groups excluding carboxylic acids is 2. The summed E-state index contributed by atoms with van der Waals surface area (Å²) in [6.07, 6.45) is 8.20. The van der Waals surface area contributed by atoms with E-state index in [0.717, 1.165) is 27.9 Å². The SMILES string of the molecule is COc1cc(CNC(=O)CCC2CCCCC2)ccc1F.COc1ccc(CC(=O)N=C(N)N)c(Br)c1. The number of benzene rings is 2. The van der Waals surface area contributed by atoms with Gasteiger partial charge in [-0.2, -0.15) is 4.99 Å². The zero-order chi connectivity index (χ0) is 27.2. The summed E-state index contributed by atoms with van der Waals surface area (Å²) in [4.78, 5) is 26.6. The van der Waals surface area contributed by atoms with Gasteiger partial charge in [-0.25, -0.2) is 4.39 Å². The Morgan fingerprint density at radius 3 is 2.43 bits per heavy atom. The second-order valence-electron chi connectivity index (χ2n) is 8.85. The Balaban J connectivity index is 0.000000271. The highest BCUT2D eigenvalue weighted by Gasteiger charge is 2.15. The van der Waals surface area contributed by atoms with Gasteiger partial charge in [0.15, 0.2) is 17.5 Å². The van der Waals surface area contributed by atoms with E-state index in [9.17, 15) is 14.0 Å². The van der Waals surface area contributed by atoms with Crippen molar-refractivity contribution in [1.29, 1.82) is 0 Å². The molecule has 0 saturated heterocycles. The Labute approximate surface area is 226 Å². The van der Waals surface area contributed by atoms with Crippen LogP contribution >= 0.6 is 15.9 Å². The number of amides is 2. The fourth-order valence-corrected chi connectivity index (χ4v) is 4.56. The molecule has 1 saturated carbocycles. The van der Waals surface area contributed by atoms with Crippen molar-refractivity contribution in [2.75, 3.05) is 14.2 Å².